The first kappa shape index (κ1) is 21.9. The third kappa shape index (κ3) is 5.87. The monoisotopic (exact) mass is 438 g/mol. The molecule has 5 nitrogen and oxygen atoms in total. The lowest BCUT2D eigenvalue weighted by atomic mass is 10.1. The van der Waals surface area contributed by atoms with Crippen molar-refractivity contribution in [2.24, 2.45) is 0 Å². The van der Waals surface area contributed by atoms with Gasteiger partial charge in [0.05, 0.1) is 18.4 Å². The molecule has 9 heteroatoms. The molecule has 0 radical (unpaired) electrons. The number of hydrogen-bond donors (Lipinski definition) is 2. The van der Waals surface area contributed by atoms with Gasteiger partial charge in [0, 0.05) is 17.3 Å². The number of furan rings is 1. The van der Waals surface area contributed by atoms with Crippen LogP contribution in [0.4, 0.5) is 18.9 Å². The summed E-state index contributed by atoms with van der Waals surface area (Å²) in [7, 11) is -3.32. The SMILES string of the molecule is CC(NCc1ccc(-c2ccc(C(F)(F)F)cc2)o1)c1ccc(NS(C)(=O)=O)cc1. The van der Waals surface area contributed by atoms with Gasteiger partial charge in [0.25, 0.3) is 0 Å². The Labute approximate surface area is 173 Å². The molecule has 1 aromatic heterocycles. The Kier molecular flexibility index (Phi) is 6.23. The van der Waals surface area contributed by atoms with Crippen LogP contribution in [0.15, 0.2) is 65.1 Å². The highest BCUT2D eigenvalue weighted by Gasteiger charge is 2.30. The molecule has 1 heterocycles. The number of sulfonamides is 1. The maximum absolute atomic E-state index is 12.7. The molecule has 0 bridgehead atoms. The minimum atomic E-state index is -4.37. The van der Waals surface area contributed by atoms with Crippen LogP contribution in [0.1, 0.15) is 29.9 Å². The van der Waals surface area contributed by atoms with E-state index in [1.807, 2.05) is 19.1 Å². The van der Waals surface area contributed by atoms with Crippen molar-refractivity contribution >= 4 is 15.7 Å². The van der Waals surface area contributed by atoms with Crippen LogP contribution < -0.4 is 10.0 Å². The van der Waals surface area contributed by atoms with Crippen molar-refractivity contribution in [2.45, 2.75) is 25.7 Å². The van der Waals surface area contributed by atoms with E-state index in [2.05, 4.69) is 10.0 Å². The molecule has 0 spiro atoms. The van der Waals surface area contributed by atoms with E-state index in [1.165, 1.54) is 12.1 Å². The Morgan fingerprint density at radius 2 is 1.60 bits per heavy atom. The van der Waals surface area contributed by atoms with Crippen LogP contribution in [0.25, 0.3) is 11.3 Å². The van der Waals surface area contributed by atoms with Crippen LogP contribution in [-0.2, 0) is 22.7 Å². The Hall–Kier alpha value is -2.78. The minimum Gasteiger partial charge on any atom is -0.460 e. The highest BCUT2D eigenvalue weighted by atomic mass is 32.2. The molecule has 0 saturated heterocycles. The Morgan fingerprint density at radius 3 is 2.17 bits per heavy atom. The molecule has 0 fully saturated rings. The van der Waals surface area contributed by atoms with Crippen LogP contribution in [0.2, 0.25) is 0 Å². The fourth-order valence-electron chi connectivity index (χ4n) is 2.88. The molecular weight excluding hydrogens is 417 g/mol. The van der Waals surface area contributed by atoms with Gasteiger partial charge in [-0.15, -0.1) is 0 Å². The summed E-state index contributed by atoms with van der Waals surface area (Å²) >= 11 is 0. The van der Waals surface area contributed by atoms with Gasteiger partial charge in [0.2, 0.25) is 10.0 Å². The summed E-state index contributed by atoms with van der Waals surface area (Å²) in [5.41, 5.74) is 1.31. The van der Waals surface area contributed by atoms with Gasteiger partial charge >= 0.3 is 6.18 Å². The lowest BCUT2D eigenvalue weighted by Gasteiger charge is -2.14. The fraction of sp³-hybridized carbons (Fsp3) is 0.238. The fourth-order valence-corrected chi connectivity index (χ4v) is 3.44. The van der Waals surface area contributed by atoms with E-state index in [1.54, 1.807) is 24.3 Å². The third-order valence-corrected chi connectivity index (χ3v) is 5.06. The van der Waals surface area contributed by atoms with Gasteiger partial charge in [0.15, 0.2) is 0 Å². The highest BCUT2D eigenvalue weighted by Crippen LogP contribution is 2.31. The molecule has 0 aliphatic carbocycles. The van der Waals surface area contributed by atoms with E-state index in [0.717, 1.165) is 24.0 Å². The number of nitrogens with one attached hydrogen (secondary N) is 2. The molecule has 0 aliphatic rings. The zero-order chi connectivity index (χ0) is 21.9. The van der Waals surface area contributed by atoms with E-state index in [-0.39, 0.29) is 6.04 Å². The molecule has 3 rings (SSSR count). The molecule has 30 heavy (non-hydrogen) atoms. The number of hydrogen-bond acceptors (Lipinski definition) is 4. The van der Waals surface area contributed by atoms with Gasteiger partial charge in [-0.3, -0.25) is 4.72 Å². The van der Waals surface area contributed by atoms with Gasteiger partial charge in [-0.05, 0) is 48.9 Å². The van der Waals surface area contributed by atoms with E-state index in [0.29, 0.717) is 29.3 Å². The van der Waals surface area contributed by atoms with E-state index in [4.69, 9.17) is 4.42 Å². The van der Waals surface area contributed by atoms with Crippen LogP contribution in [0.3, 0.4) is 0 Å². The first-order chi connectivity index (χ1) is 14.0. The average Bonchev–Trinajstić information content (AvgIpc) is 3.14. The second-order valence-electron chi connectivity index (χ2n) is 6.94. The first-order valence-corrected chi connectivity index (χ1v) is 11.0. The van der Waals surface area contributed by atoms with Crippen molar-refractivity contribution in [1.82, 2.24) is 5.32 Å². The maximum atomic E-state index is 12.7. The lowest BCUT2D eigenvalue weighted by Crippen LogP contribution is -2.17. The van der Waals surface area contributed by atoms with Gasteiger partial charge in [0.1, 0.15) is 11.5 Å². The molecule has 2 N–H and O–H groups in total. The second kappa shape index (κ2) is 8.53. The molecule has 2 aromatic carbocycles. The van der Waals surface area contributed by atoms with Crippen molar-refractivity contribution in [3.63, 3.8) is 0 Å². The van der Waals surface area contributed by atoms with Crippen molar-refractivity contribution < 1.29 is 26.0 Å². The largest absolute Gasteiger partial charge is 0.460 e. The summed E-state index contributed by atoms with van der Waals surface area (Å²) in [5, 5.41) is 3.30. The van der Waals surface area contributed by atoms with Gasteiger partial charge < -0.3 is 9.73 Å². The molecule has 0 saturated carbocycles. The molecule has 0 amide bonds. The van der Waals surface area contributed by atoms with Gasteiger partial charge in [-0.1, -0.05) is 24.3 Å². The van der Waals surface area contributed by atoms with E-state index in [9.17, 15) is 21.6 Å². The Bertz CT molecular complexity index is 1090. The van der Waals surface area contributed by atoms with E-state index >= 15 is 0 Å². The predicted molar refractivity (Wildman–Crippen MR) is 109 cm³/mol. The summed E-state index contributed by atoms with van der Waals surface area (Å²) in [6.45, 7) is 2.38. The molecule has 1 atom stereocenters. The number of rotatable bonds is 7. The summed E-state index contributed by atoms with van der Waals surface area (Å²) < 4.78 is 68.7. The Morgan fingerprint density at radius 1 is 0.967 bits per heavy atom. The number of benzene rings is 2. The zero-order valence-electron chi connectivity index (χ0n) is 16.3. The molecule has 0 aliphatic heterocycles. The molecule has 3 aromatic rings. The third-order valence-electron chi connectivity index (χ3n) is 4.45. The highest BCUT2D eigenvalue weighted by molar-refractivity contribution is 7.92. The number of halogens is 3. The number of alkyl halides is 3. The number of anilines is 1. The topological polar surface area (TPSA) is 71.3 Å². The zero-order valence-corrected chi connectivity index (χ0v) is 17.1. The molecule has 1 unspecified atom stereocenters. The summed E-state index contributed by atoms with van der Waals surface area (Å²) in [6.07, 6.45) is -3.28. The van der Waals surface area contributed by atoms with Crippen LogP contribution in [-0.4, -0.2) is 14.7 Å². The smallest absolute Gasteiger partial charge is 0.416 e. The van der Waals surface area contributed by atoms with E-state index < -0.39 is 21.8 Å². The van der Waals surface area contributed by atoms with Crippen LogP contribution >= 0.6 is 0 Å². The summed E-state index contributed by atoms with van der Waals surface area (Å²) in [6, 6.07) is 15.3. The van der Waals surface area contributed by atoms with Crippen LogP contribution in [0.5, 0.6) is 0 Å². The van der Waals surface area contributed by atoms with Crippen molar-refractivity contribution in [1.29, 1.82) is 0 Å². The van der Waals surface area contributed by atoms with Gasteiger partial charge in [-0.2, -0.15) is 13.2 Å². The lowest BCUT2D eigenvalue weighted by molar-refractivity contribution is -0.137. The van der Waals surface area contributed by atoms with Crippen molar-refractivity contribution in [3.05, 3.63) is 77.6 Å². The predicted octanol–water partition coefficient (Wildman–Crippen LogP) is 5.19. The Balaban J connectivity index is 1.60. The molecule has 160 valence electrons. The first-order valence-electron chi connectivity index (χ1n) is 9.09. The summed E-state index contributed by atoms with van der Waals surface area (Å²) in [5.74, 6) is 1.14. The normalized spacial score (nSPS) is 13.2. The standard InChI is InChI=1S/C21H21F3N2O3S/c1-14(15-5-9-18(10-6-15)26-30(2,27)28)25-13-19-11-12-20(29-19)16-3-7-17(8-4-16)21(22,23)24/h3-12,14,25-26H,13H2,1-2H3. The van der Waals surface area contributed by atoms with Crippen LogP contribution in [0, 0.1) is 0 Å². The second-order valence-corrected chi connectivity index (χ2v) is 8.69. The average molecular weight is 438 g/mol. The quantitative estimate of drug-likeness (QED) is 0.533. The van der Waals surface area contributed by atoms with Crippen molar-refractivity contribution in [3.8, 4) is 11.3 Å². The summed E-state index contributed by atoms with van der Waals surface area (Å²) in [4.78, 5) is 0. The van der Waals surface area contributed by atoms with Crippen molar-refractivity contribution in [2.75, 3.05) is 11.0 Å². The maximum Gasteiger partial charge on any atom is 0.416 e. The molecular formula is C21H21F3N2O3S. The minimum absolute atomic E-state index is 0.0306. The van der Waals surface area contributed by atoms with Gasteiger partial charge in [-0.25, -0.2) is 8.42 Å².